The maximum absolute atomic E-state index is 11.5. The summed E-state index contributed by atoms with van der Waals surface area (Å²) >= 11 is 0. The zero-order chi connectivity index (χ0) is 12.1. The molecule has 2 aromatic rings. The first kappa shape index (κ1) is 11.5. The molecule has 0 radical (unpaired) electrons. The van der Waals surface area contributed by atoms with Gasteiger partial charge in [0.15, 0.2) is 0 Å². The Labute approximate surface area is 101 Å². The van der Waals surface area contributed by atoms with E-state index in [-0.39, 0.29) is 5.56 Å². The Kier molecular flexibility index (Phi) is 3.60. The lowest BCUT2D eigenvalue weighted by Gasteiger charge is -2.05. The van der Waals surface area contributed by atoms with Gasteiger partial charge in [0.05, 0.1) is 0 Å². The molecular weight excluding hydrogens is 212 g/mol. The highest BCUT2D eigenvalue weighted by molar-refractivity contribution is 5.40. The second-order valence-electron chi connectivity index (χ2n) is 4.08. The minimum atomic E-state index is 0.0556. The van der Waals surface area contributed by atoms with Gasteiger partial charge in [-0.05, 0) is 36.6 Å². The Balaban J connectivity index is 1.92. The van der Waals surface area contributed by atoms with Crippen LogP contribution in [0.25, 0.3) is 0 Å². The number of nitrogens with two attached hydrogens (primary N) is 1. The standard InChI is InChI=1S/C14H16N2O/c15-13-7-3-5-12(11-13)6-4-10-16-9-2-1-8-14(16)17/h1-3,5,7-9,11H,4,6,10,15H2. The van der Waals surface area contributed by atoms with Crippen LogP contribution in [0.3, 0.4) is 0 Å². The molecule has 0 bridgehead atoms. The molecule has 88 valence electrons. The summed E-state index contributed by atoms with van der Waals surface area (Å²) < 4.78 is 1.73. The van der Waals surface area contributed by atoms with Crippen LogP contribution in [0.4, 0.5) is 5.69 Å². The van der Waals surface area contributed by atoms with Crippen molar-refractivity contribution < 1.29 is 0 Å². The molecule has 1 aromatic carbocycles. The van der Waals surface area contributed by atoms with Crippen LogP contribution in [0.15, 0.2) is 53.5 Å². The number of rotatable bonds is 4. The van der Waals surface area contributed by atoms with Gasteiger partial charge in [0.2, 0.25) is 5.56 Å². The van der Waals surface area contributed by atoms with E-state index in [4.69, 9.17) is 5.73 Å². The van der Waals surface area contributed by atoms with Crippen LogP contribution in [-0.4, -0.2) is 4.57 Å². The fraction of sp³-hybridized carbons (Fsp3) is 0.214. The molecule has 0 amide bonds. The molecule has 2 rings (SSSR count). The predicted octanol–water partition coefficient (Wildman–Crippen LogP) is 2.06. The van der Waals surface area contributed by atoms with Crippen molar-refractivity contribution in [2.75, 3.05) is 5.73 Å². The fourth-order valence-electron chi connectivity index (χ4n) is 1.85. The van der Waals surface area contributed by atoms with E-state index < -0.39 is 0 Å². The van der Waals surface area contributed by atoms with Gasteiger partial charge < -0.3 is 10.3 Å². The molecule has 0 saturated heterocycles. The number of nitrogens with zero attached hydrogens (tertiary/aromatic N) is 1. The van der Waals surface area contributed by atoms with Crippen molar-refractivity contribution in [1.29, 1.82) is 0 Å². The highest BCUT2D eigenvalue weighted by Gasteiger charge is 1.96. The van der Waals surface area contributed by atoms with Gasteiger partial charge in [-0.3, -0.25) is 4.79 Å². The van der Waals surface area contributed by atoms with Crippen LogP contribution in [0.2, 0.25) is 0 Å². The first-order valence-corrected chi connectivity index (χ1v) is 5.75. The van der Waals surface area contributed by atoms with Crippen LogP contribution in [0, 0.1) is 0 Å². The molecule has 0 aliphatic rings. The number of anilines is 1. The van der Waals surface area contributed by atoms with Gasteiger partial charge in [-0.15, -0.1) is 0 Å². The number of benzene rings is 1. The third-order valence-electron chi connectivity index (χ3n) is 2.71. The zero-order valence-electron chi connectivity index (χ0n) is 9.67. The van der Waals surface area contributed by atoms with E-state index in [1.165, 1.54) is 5.56 Å². The monoisotopic (exact) mass is 228 g/mol. The summed E-state index contributed by atoms with van der Waals surface area (Å²) in [5.41, 5.74) is 7.77. The van der Waals surface area contributed by atoms with Crippen molar-refractivity contribution in [2.45, 2.75) is 19.4 Å². The summed E-state index contributed by atoms with van der Waals surface area (Å²) in [5, 5.41) is 0. The van der Waals surface area contributed by atoms with Gasteiger partial charge in [0, 0.05) is 24.5 Å². The Morgan fingerprint density at radius 3 is 2.76 bits per heavy atom. The van der Waals surface area contributed by atoms with Crippen molar-refractivity contribution in [3.8, 4) is 0 Å². The molecule has 17 heavy (non-hydrogen) atoms. The number of hydrogen-bond donors (Lipinski definition) is 1. The topological polar surface area (TPSA) is 48.0 Å². The molecule has 2 N–H and O–H groups in total. The lowest BCUT2D eigenvalue weighted by atomic mass is 10.1. The lowest BCUT2D eigenvalue weighted by molar-refractivity contribution is 0.622. The molecule has 0 aliphatic heterocycles. The summed E-state index contributed by atoms with van der Waals surface area (Å²) in [6.45, 7) is 0.745. The minimum Gasteiger partial charge on any atom is -0.399 e. The molecule has 3 nitrogen and oxygen atoms in total. The minimum absolute atomic E-state index is 0.0556. The average Bonchev–Trinajstić information content (AvgIpc) is 2.32. The van der Waals surface area contributed by atoms with E-state index in [9.17, 15) is 4.79 Å². The fourth-order valence-corrected chi connectivity index (χ4v) is 1.85. The van der Waals surface area contributed by atoms with Crippen molar-refractivity contribution in [2.24, 2.45) is 0 Å². The maximum Gasteiger partial charge on any atom is 0.250 e. The van der Waals surface area contributed by atoms with Gasteiger partial charge in [0.1, 0.15) is 0 Å². The SMILES string of the molecule is Nc1cccc(CCCn2ccccc2=O)c1. The van der Waals surface area contributed by atoms with Crippen molar-refractivity contribution >= 4 is 5.69 Å². The molecule has 0 spiro atoms. The summed E-state index contributed by atoms with van der Waals surface area (Å²) in [5.74, 6) is 0. The molecule has 1 aromatic heterocycles. The molecule has 0 aliphatic carbocycles. The summed E-state index contributed by atoms with van der Waals surface area (Å²) in [4.78, 5) is 11.5. The van der Waals surface area contributed by atoms with E-state index in [2.05, 4.69) is 6.07 Å². The average molecular weight is 228 g/mol. The number of aryl methyl sites for hydroxylation is 2. The second-order valence-corrected chi connectivity index (χ2v) is 4.08. The smallest absolute Gasteiger partial charge is 0.250 e. The predicted molar refractivity (Wildman–Crippen MR) is 69.9 cm³/mol. The number of aromatic nitrogens is 1. The largest absolute Gasteiger partial charge is 0.399 e. The Morgan fingerprint density at radius 2 is 2.00 bits per heavy atom. The maximum atomic E-state index is 11.5. The van der Waals surface area contributed by atoms with E-state index in [0.29, 0.717) is 0 Å². The van der Waals surface area contributed by atoms with Gasteiger partial charge in [-0.25, -0.2) is 0 Å². The Morgan fingerprint density at radius 1 is 1.12 bits per heavy atom. The number of pyridine rings is 1. The lowest BCUT2D eigenvalue weighted by Crippen LogP contribution is -2.17. The first-order chi connectivity index (χ1) is 8.25. The molecule has 0 atom stereocenters. The van der Waals surface area contributed by atoms with Crippen molar-refractivity contribution in [3.05, 3.63) is 64.6 Å². The number of hydrogen-bond acceptors (Lipinski definition) is 2. The molecule has 0 fully saturated rings. The summed E-state index contributed by atoms with van der Waals surface area (Å²) in [6, 6.07) is 13.1. The van der Waals surface area contributed by atoms with Crippen LogP contribution in [-0.2, 0) is 13.0 Å². The van der Waals surface area contributed by atoms with E-state index in [0.717, 1.165) is 25.1 Å². The van der Waals surface area contributed by atoms with Gasteiger partial charge >= 0.3 is 0 Å². The summed E-state index contributed by atoms with van der Waals surface area (Å²) in [6.07, 6.45) is 3.70. The Bertz CT molecular complexity index is 546. The summed E-state index contributed by atoms with van der Waals surface area (Å²) in [7, 11) is 0. The second kappa shape index (κ2) is 5.34. The number of nitrogen functional groups attached to an aromatic ring is 1. The van der Waals surface area contributed by atoms with Gasteiger partial charge in [0.25, 0.3) is 0 Å². The van der Waals surface area contributed by atoms with E-state index in [1.807, 2.05) is 30.5 Å². The molecule has 3 heteroatoms. The molecule has 0 unspecified atom stereocenters. The van der Waals surface area contributed by atoms with E-state index >= 15 is 0 Å². The first-order valence-electron chi connectivity index (χ1n) is 5.75. The van der Waals surface area contributed by atoms with Crippen LogP contribution in [0.5, 0.6) is 0 Å². The van der Waals surface area contributed by atoms with Gasteiger partial charge in [-0.1, -0.05) is 18.2 Å². The quantitative estimate of drug-likeness (QED) is 0.814. The van der Waals surface area contributed by atoms with Crippen LogP contribution < -0.4 is 11.3 Å². The Hall–Kier alpha value is -2.03. The van der Waals surface area contributed by atoms with Crippen LogP contribution >= 0.6 is 0 Å². The molecule has 1 heterocycles. The normalized spacial score (nSPS) is 10.4. The molecule has 0 saturated carbocycles. The third kappa shape index (κ3) is 3.21. The zero-order valence-corrected chi connectivity index (χ0v) is 9.67. The van der Waals surface area contributed by atoms with Crippen molar-refractivity contribution in [3.63, 3.8) is 0 Å². The third-order valence-corrected chi connectivity index (χ3v) is 2.71. The van der Waals surface area contributed by atoms with Gasteiger partial charge in [-0.2, -0.15) is 0 Å². The highest BCUT2D eigenvalue weighted by Crippen LogP contribution is 2.08. The van der Waals surface area contributed by atoms with Crippen LogP contribution in [0.1, 0.15) is 12.0 Å². The molecular formula is C14H16N2O. The van der Waals surface area contributed by atoms with Crippen molar-refractivity contribution in [1.82, 2.24) is 4.57 Å². The highest BCUT2D eigenvalue weighted by atomic mass is 16.1. The van der Waals surface area contributed by atoms with E-state index in [1.54, 1.807) is 16.7 Å².